The monoisotopic (exact) mass is 554 g/mol. The van der Waals surface area contributed by atoms with E-state index in [0.29, 0.717) is 0 Å². The first-order valence-electron chi connectivity index (χ1n) is 7.83. The highest BCUT2D eigenvalue weighted by Gasteiger charge is 2.39. The van der Waals surface area contributed by atoms with Crippen molar-refractivity contribution in [2.45, 2.75) is 5.92 Å². The van der Waals surface area contributed by atoms with Crippen molar-refractivity contribution in [2.24, 2.45) is 0 Å². The van der Waals surface area contributed by atoms with E-state index < -0.39 is 8.60 Å². The molecule has 3 aromatic carbocycles. The van der Waals surface area contributed by atoms with Crippen LogP contribution >= 0.6 is 56.4 Å². The van der Waals surface area contributed by atoms with Gasteiger partial charge in [0.25, 0.3) is 0 Å². The van der Waals surface area contributed by atoms with Crippen molar-refractivity contribution < 1.29 is 13.6 Å². The minimum Gasteiger partial charge on any atom is -0.407 e. The van der Waals surface area contributed by atoms with Crippen LogP contribution in [0.2, 0.25) is 0 Å². The summed E-state index contributed by atoms with van der Waals surface area (Å²) < 4.78 is 21.2. The number of hydrogen-bond donors (Lipinski definition) is 0. The molecule has 0 unspecified atom stereocenters. The largest absolute Gasteiger partial charge is 0.530 e. The molecule has 3 aliphatic rings. The predicted octanol–water partition coefficient (Wildman–Crippen LogP) is 7.54. The van der Waals surface area contributed by atoms with Gasteiger partial charge in [-0.25, -0.2) is 0 Å². The van der Waals surface area contributed by atoms with Gasteiger partial charge in [0.15, 0.2) is 0 Å². The highest BCUT2D eigenvalue weighted by atomic mass is 79.9. The van der Waals surface area contributed by atoms with Gasteiger partial charge in [0.1, 0.15) is 17.2 Å². The molecule has 26 heavy (non-hydrogen) atoms. The Balaban J connectivity index is 1.92. The summed E-state index contributed by atoms with van der Waals surface area (Å²) in [7, 11) is -1.68. The first kappa shape index (κ1) is 17.1. The fraction of sp³-hybridized carbons (Fsp3) is 0.0526. The second-order valence-electron chi connectivity index (χ2n) is 5.91. The summed E-state index contributed by atoms with van der Waals surface area (Å²) in [4.78, 5) is 0. The van der Waals surface area contributed by atoms with Gasteiger partial charge in [0, 0.05) is 22.6 Å². The smallest absolute Gasteiger partial charge is 0.407 e. The minimum absolute atomic E-state index is 0.0834. The topological polar surface area (TPSA) is 27.7 Å². The zero-order valence-electron chi connectivity index (χ0n) is 13.1. The van der Waals surface area contributed by atoms with Crippen LogP contribution < -0.4 is 13.6 Å². The molecule has 6 rings (SSSR count). The van der Waals surface area contributed by atoms with Crippen LogP contribution in [0.4, 0.5) is 0 Å². The minimum atomic E-state index is -1.68. The molecule has 0 saturated heterocycles. The van der Waals surface area contributed by atoms with E-state index in [2.05, 4.69) is 66.0 Å². The van der Waals surface area contributed by atoms with Crippen LogP contribution in [0.1, 0.15) is 22.6 Å². The van der Waals surface area contributed by atoms with Crippen LogP contribution in [-0.2, 0) is 0 Å². The molecule has 0 saturated carbocycles. The lowest BCUT2D eigenvalue weighted by atomic mass is 9.83. The highest BCUT2D eigenvalue weighted by molar-refractivity contribution is 9.11. The first-order chi connectivity index (χ1) is 12.6. The molecule has 0 N–H and O–H groups in total. The maximum absolute atomic E-state index is 6.19. The molecule has 3 heterocycles. The zero-order valence-corrected chi connectivity index (χ0v) is 18.7. The van der Waals surface area contributed by atoms with Gasteiger partial charge < -0.3 is 13.6 Å². The van der Waals surface area contributed by atoms with Crippen LogP contribution in [0.15, 0.2) is 68.0 Å². The van der Waals surface area contributed by atoms with Crippen molar-refractivity contribution in [2.75, 3.05) is 0 Å². The quantitative estimate of drug-likeness (QED) is 0.268. The van der Waals surface area contributed by atoms with E-state index in [4.69, 9.17) is 13.6 Å². The second-order valence-corrected chi connectivity index (χ2v) is 9.46. The molecule has 0 fully saturated rings. The third-order valence-corrected chi connectivity index (χ3v) is 7.29. The van der Waals surface area contributed by atoms with Crippen LogP contribution in [0.5, 0.6) is 17.2 Å². The number of hydrogen-bond acceptors (Lipinski definition) is 3. The van der Waals surface area contributed by atoms with Crippen LogP contribution in [0.25, 0.3) is 0 Å². The molecule has 3 aromatic rings. The van der Waals surface area contributed by atoms with Gasteiger partial charge in [-0.15, -0.1) is 0 Å². The van der Waals surface area contributed by atoms with E-state index in [1.165, 1.54) is 0 Å². The van der Waals surface area contributed by atoms with Gasteiger partial charge in [-0.3, -0.25) is 0 Å². The molecule has 0 radical (unpaired) electrons. The normalized spacial score (nSPS) is 19.5. The first-order valence-corrected chi connectivity index (χ1v) is 11.3. The van der Waals surface area contributed by atoms with Gasteiger partial charge in [-0.05, 0) is 66.0 Å². The van der Waals surface area contributed by atoms with Crippen molar-refractivity contribution >= 4 is 56.4 Å². The maximum Gasteiger partial charge on any atom is 0.530 e. The zero-order chi connectivity index (χ0) is 17.8. The lowest BCUT2D eigenvalue weighted by Crippen LogP contribution is -2.18. The van der Waals surface area contributed by atoms with Crippen molar-refractivity contribution in [3.8, 4) is 17.2 Å². The van der Waals surface area contributed by atoms with Gasteiger partial charge >= 0.3 is 8.60 Å². The molecule has 0 amide bonds. The third-order valence-electron chi connectivity index (χ3n) is 4.42. The molecule has 3 aliphatic heterocycles. The fourth-order valence-corrected chi connectivity index (χ4v) is 6.26. The Hall–Kier alpha value is -1.07. The summed E-state index contributed by atoms with van der Waals surface area (Å²) in [5.74, 6) is 2.21. The van der Waals surface area contributed by atoms with E-state index in [-0.39, 0.29) is 5.92 Å². The molecule has 7 heteroatoms. The molecule has 2 bridgehead atoms. The number of rotatable bonds is 0. The van der Waals surface area contributed by atoms with Gasteiger partial charge in [-0.2, -0.15) is 0 Å². The van der Waals surface area contributed by atoms with Crippen molar-refractivity contribution in [1.82, 2.24) is 0 Å². The van der Waals surface area contributed by atoms with Crippen LogP contribution in [0.3, 0.4) is 0 Å². The molecular weight excluding hydrogens is 547 g/mol. The number of halogens is 3. The van der Waals surface area contributed by atoms with Gasteiger partial charge in [0.2, 0.25) is 0 Å². The van der Waals surface area contributed by atoms with E-state index in [0.717, 1.165) is 47.4 Å². The van der Waals surface area contributed by atoms with Gasteiger partial charge in [0.05, 0.1) is 13.4 Å². The molecule has 3 nitrogen and oxygen atoms in total. The Kier molecular flexibility index (Phi) is 4.28. The molecule has 0 spiro atoms. The Bertz CT molecular complexity index is 909. The maximum atomic E-state index is 6.19. The summed E-state index contributed by atoms with van der Waals surface area (Å²) >= 11 is 10.8. The average Bonchev–Trinajstić information content (AvgIpc) is 2.58. The summed E-state index contributed by atoms with van der Waals surface area (Å²) in [6.07, 6.45) is 0. The Morgan fingerprint density at radius 2 is 0.923 bits per heavy atom. The average molecular weight is 557 g/mol. The second kappa shape index (κ2) is 6.52. The Labute approximate surface area is 177 Å². The van der Waals surface area contributed by atoms with Crippen molar-refractivity contribution in [1.29, 1.82) is 0 Å². The predicted molar refractivity (Wildman–Crippen MR) is 112 cm³/mol. The van der Waals surface area contributed by atoms with Crippen LogP contribution in [-0.4, -0.2) is 0 Å². The third kappa shape index (κ3) is 2.62. The molecule has 0 atom stereocenters. The summed E-state index contributed by atoms with van der Waals surface area (Å²) in [6.45, 7) is 0. The lowest BCUT2D eigenvalue weighted by molar-refractivity contribution is 0.366. The number of benzene rings is 3. The van der Waals surface area contributed by atoms with Crippen molar-refractivity contribution in [3.63, 3.8) is 0 Å². The molecule has 0 aromatic heterocycles. The summed E-state index contributed by atoms with van der Waals surface area (Å²) in [6, 6.07) is 18.3. The van der Waals surface area contributed by atoms with Crippen LogP contribution in [0, 0.1) is 0 Å². The lowest BCUT2D eigenvalue weighted by Gasteiger charge is -2.34. The SMILES string of the molecule is Brc1cccc2c1OP1Oc3c(Br)cccc3C2c2cccc(Br)c2O1. The molecular formula is C19H10Br3O3P. The summed E-state index contributed by atoms with van der Waals surface area (Å²) in [5, 5.41) is 0. The van der Waals surface area contributed by atoms with E-state index >= 15 is 0 Å². The van der Waals surface area contributed by atoms with Gasteiger partial charge in [-0.1, -0.05) is 36.4 Å². The van der Waals surface area contributed by atoms with E-state index in [1.807, 2.05) is 36.4 Å². The molecule has 0 aliphatic carbocycles. The van der Waals surface area contributed by atoms with Crippen molar-refractivity contribution in [3.05, 3.63) is 84.7 Å². The highest BCUT2D eigenvalue weighted by Crippen LogP contribution is 2.59. The fourth-order valence-electron chi connectivity index (χ4n) is 3.33. The van der Waals surface area contributed by atoms with E-state index in [9.17, 15) is 0 Å². The Morgan fingerprint density at radius 3 is 1.27 bits per heavy atom. The standard InChI is InChI=1S/C19H10Br3O3P/c20-13-7-1-4-10-16-11-5-2-8-14(21)18(11)24-26(23-17(10)13)25-19-12(16)6-3-9-15(19)22/h1-9,16H. The summed E-state index contributed by atoms with van der Waals surface area (Å²) in [5.41, 5.74) is 3.24. The number of para-hydroxylation sites is 3. The Morgan fingerprint density at radius 1 is 0.577 bits per heavy atom. The van der Waals surface area contributed by atoms with E-state index in [1.54, 1.807) is 0 Å². The molecule has 130 valence electrons.